The largest absolute Gasteiger partial charge is 0.444 e. The Hall–Kier alpha value is -0.770. The molecule has 0 aromatic heterocycles. The van der Waals surface area contributed by atoms with Crippen molar-refractivity contribution in [2.75, 3.05) is 0 Å². The van der Waals surface area contributed by atoms with Gasteiger partial charge in [0.05, 0.1) is 5.60 Å². The number of carbonyl (C=O) groups excluding carboxylic acids is 1. The Balaban J connectivity index is 1.67. The van der Waals surface area contributed by atoms with Crippen molar-refractivity contribution in [1.82, 2.24) is 4.90 Å². The lowest BCUT2D eigenvalue weighted by atomic mass is 9.70. The molecule has 0 aromatic carbocycles. The smallest absolute Gasteiger partial charge is 0.410 e. The van der Waals surface area contributed by atoms with Gasteiger partial charge in [0.1, 0.15) is 5.60 Å². The van der Waals surface area contributed by atoms with Crippen molar-refractivity contribution in [1.29, 1.82) is 0 Å². The maximum absolute atomic E-state index is 12.7. The van der Waals surface area contributed by atoms with Crippen LogP contribution in [0.1, 0.15) is 91.4 Å². The Bertz CT molecular complexity index is 436. The first-order valence-electron chi connectivity index (χ1n) is 9.99. The number of hydrogen-bond donors (Lipinski definition) is 1. The van der Waals surface area contributed by atoms with Gasteiger partial charge in [0, 0.05) is 12.1 Å². The van der Waals surface area contributed by atoms with Gasteiger partial charge in [-0.05, 0) is 65.2 Å². The van der Waals surface area contributed by atoms with E-state index in [2.05, 4.69) is 0 Å². The standard InChI is InChI=1S/C20H35NO3/c1-19(2,3)24-18(22)21-16-10-7-11-17(21)14-20(23,13-16)12-15-8-5-4-6-9-15/h15-17,23H,4-14H2,1-3H3. The van der Waals surface area contributed by atoms with E-state index in [4.69, 9.17) is 4.74 Å². The molecule has 2 bridgehead atoms. The number of aliphatic hydroxyl groups is 1. The summed E-state index contributed by atoms with van der Waals surface area (Å²) in [5.74, 6) is 0.678. The minimum Gasteiger partial charge on any atom is -0.444 e. The number of piperidine rings is 2. The molecule has 0 spiro atoms. The van der Waals surface area contributed by atoms with Gasteiger partial charge in [-0.15, -0.1) is 0 Å². The average Bonchev–Trinajstić information content (AvgIpc) is 2.45. The van der Waals surface area contributed by atoms with Gasteiger partial charge >= 0.3 is 6.09 Å². The summed E-state index contributed by atoms with van der Waals surface area (Å²) in [7, 11) is 0. The lowest BCUT2D eigenvalue weighted by Gasteiger charge is -2.52. The van der Waals surface area contributed by atoms with Crippen molar-refractivity contribution in [3.8, 4) is 0 Å². The van der Waals surface area contributed by atoms with Crippen molar-refractivity contribution < 1.29 is 14.6 Å². The SMILES string of the molecule is CC(C)(C)OC(=O)N1C2CCCC1CC(O)(CC1CCCCC1)C2. The molecule has 2 unspecified atom stereocenters. The van der Waals surface area contributed by atoms with Gasteiger partial charge in [-0.2, -0.15) is 0 Å². The fourth-order valence-corrected chi connectivity index (χ4v) is 5.23. The summed E-state index contributed by atoms with van der Waals surface area (Å²) in [6.07, 6.45) is 11.9. The monoisotopic (exact) mass is 337 g/mol. The number of hydrogen-bond acceptors (Lipinski definition) is 3. The molecular formula is C20H35NO3. The highest BCUT2D eigenvalue weighted by Gasteiger charge is 2.48. The minimum absolute atomic E-state index is 0.154. The van der Waals surface area contributed by atoms with Crippen molar-refractivity contribution in [2.24, 2.45) is 5.92 Å². The van der Waals surface area contributed by atoms with Crippen molar-refractivity contribution >= 4 is 6.09 Å². The van der Waals surface area contributed by atoms with Crippen LogP contribution in [-0.2, 0) is 4.74 Å². The van der Waals surface area contributed by atoms with E-state index in [1.54, 1.807) is 0 Å². The molecule has 2 saturated heterocycles. The second-order valence-electron chi connectivity index (χ2n) is 9.47. The van der Waals surface area contributed by atoms with Crippen LogP contribution in [-0.4, -0.2) is 39.4 Å². The summed E-state index contributed by atoms with van der Waals surface area (Å²) in [6, 6.07) is 0.307. The molecule has 1 aliphatic carbocycles. The summed E-state index contributed by atoms with van der Waals surface area (Å²) < 4.78 is 5.64. The Morgan fingerprint density at radius 2 is 1.62 bits per heavy atom. The van der Waals surface area contributed by atoms with Gasteiger partial charge in [0.2, 0.25) is 0 Å². The molecule has 138 valence electrons. The third-order valence-electron chi connectivity index (χ3n) is 6.09. The van der Waals surface area contributed by atoms with E-state index in [1.165, 1.54) is 32.1 Å². The summed E-state index contributed by atoms with van der Waals surface area (Å²) >= 11 is 0. The molecule has 1 saturated carbocycles. The molecule has 0 radical (unpaired) electrons. The summed E-state index contributed by atoms with van der Waals surface area (Å²) in [4.78, 5) is 14.6. The second-order valence-corrected chi connectivity index (χ2v) is 9.47. The molecule has 3 fully saturated rings. The first-order chi connectivity index (χ1) is 11.3. The molecular weight excluding hydrogens is 302 g/mol. The lowest BCUT2D eigenvalue weighted by Crippen LogP contribution is -2.60. The molecule has 2 atom stereocenters. The molecule has 4 heteroatoms. The van der Waals surface area contributed by atoms with Crippen LogP contribution in [0.4, 0.5) is 4.79 Å². The molecule has 2 heterocycles. The highest BCUT2D eigenvalue weighted by Crippen LogP contribution is 2.44. The average molecular weight is 338 g/mol. The van der Waals surface area contributed by atoms with Crippen LogP contribution in [0, 0.1) is 5.92 Å². The zero-order valence-corrected chi connectivity index (χ0v) is 15.7. The summed E-state index contributed by atoms with van der Waals surface area (Å²) in [5.41, 5.74) is -1.03. The van der Waals surface area contributed by atoms with Crippen molar-refractivity contribution in [2.45, 2.75) is 115 Å². The Kier molecular flexibility index (Phi) is 5.15. The van der Waals surface area contributed by atoms with Gasteiger partial charge in [0.25, 0.3) is 0 Å². The van der Waals surface area contributed by atoms with Crippen LogP contribution in [0.3, 0.4) is 0 Å². The van der Waals surface area contributed by atoms with Crippen LogP contribution in [0.15, 0.2) is 0 Å². The molecule has 24 heavy (non-hydrogen) atoms. The fraction of sp³-hybridized carbons (Fsp3) is 0.950. The predicted molar refractivity (Wildman–Crippen MR) is 94.9 cm³/mol. The van der Waals surface area contributed by atoms with Crippen LogP contribution < -0.4 is 0 Å². The van der Waals surface area contributed by atoms with E-state index in [1.807, 2.05) is 25.7 Å². The van der Waals surface area contributed by atoms with Gasteiger partial charge in [-0.3, -0.25) is 0 Å². The van der Waals surface area contributed by atoms with E-state index >= 15 is 0 Å². The highest BCUT2D eigenvalue weighted by molar-refractivity contribution is 5.69. The highest BCUT2D eigenvalue weighted by atomic mass is 16.6. The van der Waals surface area contributed by atoms with Gasteiger partial charge in [0.15, 0.2) is 0 Å². The maximum atomic E-state index is 12.7. The van der Waals surface area contributed by atoms with Gasteiger partial charge in [-0.25, -0.2) is 4.79 Å². The number of amides is 1. The summed E-state index contributed by atoms with van der Waals surface area (Å²) in [6.45, 7) is 5.76. The Labute approximate surface area is 146 Å². The number of ether oxygens (including phenoxy) is 1. The normalized spacial score (nSPS) is 34.9. The van der Waals surface area contributed by atoms with Crippen LogP contribution >= 0.6 is 0 Å². The summed E-state index contributed by atoms with van der Waals surface area (Å²) in [5, 5.41) is 11.3. The number of rotatable bonds is 2. The first kappa shape index (κ1) is 18.0. The third kappa shape index (κ3) is 4.25. The Morgan fingerprint density at radius 3 is 2.17 bits per heavy atom. The van der Waals surface area contributed by atoms with E-state index in [9.17, 15) is 9.90 Å². The van der Waals surface area contributed by atoms with Gasteiger partial charge < -0.3 is 14.7 Å². The Morgan fingerprint density at radius 1 is 1.04 bits per heavy atom. The predicted octanol–water partition coefficient (Wildman–Crippen LogP) is 4.64. The van der Waals surface area contributed by atoms with E-state index in [-0.39, 0.29) is 18.2 Å². The van der Waals surface area contributed by atoms with Crippen molar-refractivity contribution in [3.63, 3.8) is 0 Å². The minimum atomic E-state index is -0.573. The quantitative estimate of drug-likeness (QED) is 0.798. The number of carbonyl (C=O) groups is 1. The second kappa shape index (κ2) is 6.86. The van der Waals surface area contributed by atoms with Crippen LogP contribution in [0.25, 0.3) is 0 Å². The zero-order chi connectivity index (χ0) is 17.4. The fourth-order valence-electron chi connectivity index (χ4n) is 5.23. The van der Waals surface area contributed by atoms with Crippen molar-refractivity contribution in [3.05, 3.63) is 0 Å². The topological polar surface area (TPSA) is 49.8 Å². The lowest BCUT2D eigenvalue weighted by molar-refractivity contribution is -0.103. The zero-order valence-electron chi connectivity index (χ0n) is 15.7. The molecule has 1 amide bonds. The maximum Gasteiger partial charge on any atom is 0.410 e. The number of fused-ring (bicyclic) bond motifs is 2. The molecule has 1 N–H and O–H groups in total. The van der Waals surface area contributed by atoms with E-state index in [0.717, 1.165) is 38.5 Å². The number of nitrogens with zero attached hydrogens (tertiary/aromatic N) is 1. The van der Waals surface area contributed by atoms with E-state index in [0.29, 0.717) is 5.92 Å². The van der Waals surface area contributed by atoms with Gasteiger partial charge in [-0.1, -0.05) is 32.1 Å². The van der Waals surface area contributed by atoms with E-state index < -0.39 is 11.2 Å². The molecule has 2 aliphatic heterocycles. The molecule has 0 aromatic rings. The molecule has 3 aliphatic rings. The first-order valence-corrected chi connectivity index (χ1v) is 9.99. The molecule has 4 nitrogen and oxygen atoms in total. The van der Waals surface area contributed by atoms with Crippen LogP contribution in [0.5, 0.6) is 0 Å². The molecule has 3 rings (SSSR count). The third-order valence-corrected chi connectivity index (χ3v) is 6.09. The van der Waals surface area contributed by atoms with Crippen LogP contribution in [0.2, 0.25) is 0 Å².